The van der Waals surface area contributed by atoms with Gasteiger partial charge in [0.1, 0.15) is 5.01 Å². The number of nitrogens with one attached hydrogen (secondary N) is 2. The third-order valence-electron chi connectivity index (χ3n) is 10.9. The van der Waals surface area contributed by atoms with E-state index in [4.69, 9.17) is 9.47 Å². The minimum Gasteiger partial charge on any atom is -0.392 e. The van der Waals surface area contributed by atoms with Crippen molar-refractivity contribution >= 4 is 29.1 Å². The number of aliphatic hydroxyl groups is 1. The van der Waals surface area contributed by atoms with Crippen molar-refractivity contribution < 1.29 is 19.4 Å². The lowest BCUT2D eigenvalue weighted by molar-refractivity contribution is -0.245. The van der Waals surface area contributed by atoms with Crippen molar-refractivity contribution in [2.75, 3.05) is 5.75 Å². The number of thioether (sulfide) groups is 1. The summed E-state index contributed by atoms with van der Waals surface area (Å²) in [5.41, 5.74) is 6.14. The molecule has 0 radical (unpaired) electrons. The van der Waals surface area contributed by atoms with Crippen LogP contribution in [0.25, 0.3) is 11.1 Å². The van der Waals surface area contributed by atoms with Crippen LogP contribution in [0.2, 0.25) is 0 Å². The van der Waals surface area contributed by atoms with E-state index in [1.807, 2.05) is 43.3 Å². The number of hydrogen-bond donors (Lipinski definition) is 3. The maximum atomic E-state index is 13.2. The number of carbonyl (C=O) groups is 1. The molecule has 5 aliphatic rings. The fourth-order valence-electron chi connectivity index (χ4n) is 9.02. The highest BCUT2D eigenvalue weighted by Crippen LogP contribution is 2.55. The highest BCUT2D eigenvalue weighted by atomic mass is 32.2. The molecule has 0 spiro atoms. The van der Waals surface area contributed by atoms with E-state index < -0.39 is 6.29 Å². The molecule has 8 nitrogen and oxygen atoms in total. The van der Waals surface area contributed by atoms with Crippen LogP contribution >= 0.6 is 23.1 Å². The van der Waals surface area contributed by atoms with Crippen LogP contribution in [-0.2, 0) is 22.6 Å². The van der Waals surface area contributed by atoms with Gasteiger partial charge >= 0.3 is 6.03 Å². The summed E-state index contributed by atoms with van der Waals surface area (Å²) < 4.78 is 14.1. The van der Waals surface area contributed by atoms with Crippen LogP contribution in [-0.4, -0.2) is 38.7 Å². The molecule has 4 saturated carbocycles. The molecule has 2 amide bonds. The number of ether oxygens (including phenoxy) is 2. The second-order valence-electron chi connectivity index (χ2n) is 14.5. The van der Waals surface area contributed by atoms with Crippen molar-refractivity contribution in [3.05, 3.63) is 100 Å². The van der Waals surface area contributed by atoms with Gasteiger partial charge in [-0.25, -0.2) is 4.79 Å². The van der Waals surface area contributed by atoms with Gasteiger partial charge in [-0.05, 0) is 91.0 Å². The van der Waals surface area contributed by atoms with E-state index >= 15 is 0 Å². The maximum absolute atomic E-state index is 13.2. The van der Waals surface area contributed by atoms with Crippen LogP contribution in [0.1, 0.15) is 84.6 Å². The lowest BCUT2D eigenvalue weighted by Gasteiger charge is -2.56. The Bertz CT molecular complexity index is 1730. The Labute approximate surface area is 296 Å². The highest BCUT2D eigenvalue weighted by Gasteiger charge is 2.51. The molecule has 0 unspecified atom stereocenters. The van der Waals surface area contributed by atoms with Crippen molar-refractivity contribution in [1.82, 2.24) is 20.8 Å². The lowest BCUT2D eigenvalue weighted by atomic mass is 9.53. The quantitative estimate of drug-likeness (QED) is 0.144. The van der Waals surface area contributed by atoms with E-state index in [-0.39, 0.29) is 30.4 Å². The van der Waals surface area contributed by atoms with Crippen molar-refractivity contribution in [2.24, 2.45) is 17.8 Å². The highest BCUT2D eigenvalue weighted by molar-refractivity contribution is 8.01. The van der Waals surface area contributed by atoms with Gasteiger partial charge in [-0.15, -0.1) is 10.2 Å². The predicted octanol–water partition coefficient (Wildman–Crippen LogP) is 8.11. The summed E-state index contributed by atoms with van der Waals surface area (Å²) in [5, 5.41) is 25.6. The molecular formula is C39H44N4O4S2. The number of aliphatic hydroxyl groups excluding tert-OH is 1. The first-order valence-electron chi connectivity index (χ1n) is 17.6. The number of benzene rings is 3. The monoisotopic (exact) mass is 696 g/mol. The summed E-state index contributed by atoms with van der Waals surface area (Å²) in [6.07, 6.45) is 7.49. The standard InChI is InChI=1S/C39H44N4O4S2/c1-24-42-43-38(49-24)48-23-33-17-35(30-8-6-25(22-44)7-9-30)47-36(46-33)31-12-10-29(11-13-31)34-5-3-2-4-32(34)21-40-37(45)41-39-18-26-14-27(19-39)16-28(15-26)20-39/h2-13,26-28,33,35-36,44H,14-23H2,1H3,(H2,40,41,45)/t26?,27?,28?,33-,35+,36+,39?/m1/s1. The molecule has 3 atom stereocenters. The number of carbonyl (C=O) groups excluding carboxylic acids is 1. The third kappa shape index (κ3) is 7.44. The average Bonchev–Trinajstić information content (AvgIpc) is 3.54. The Morgan fingerprint density at radius 2 is 1.59 bits per heavy atom. The number of urea groups is 1. The molecular weight excluding hydrogens is 653 g/mol. The molecule has 4 bridgehead atoms. The van der Waals surface area contributed by atoms with Crippen LogP contribution < -0.4 is 10.6 Å². The molecule has 1 aromatic heterocycles. The SMILES string of the molecule is Cc1nnc(SC[C@H]2C[C@@H](c3ccc(CO)cc3)O[C@@H](c3ccc(-c4ccccc4CNC(=O)NC45CC6CC(CC(C6)C4)C5)cc3)O2)s1. The van der Waals surface area contributed by atoms with E-state index in [1.54, 1.807) is 23.1 Å². The molecule has 256 valence electrons. The number of amides is 2. The minimum absolute atomic E-state index is 0.00583. The van der Waals surface area contributed by atoms with Gasteiger partial charge in [0.25, 0.3) is 0 Å². The van der Waals surface area contributed by atoms with Gasteiger partial charge in [0.05, 0.1) is 18.8 Å². The number of nitrogens with zero attached hydrogens (tertiary/aromatic N) is 2. The zero-order valence-corrected chi connectivity index (χ0v) is 29.5. The van der Waals surface area contributed by atoms with E-state index in [2.05, 4.69) is 57.2 Å². The Balaban J connectivity index is 0.947. The summed E-state index contributed by atoms with van der Waals surface area (Å²) in [6, 6.07) is 24.6. The number of aromatic nitrogens is 2. The van der Waals surface area contributed by atoms with Crippen LogP contribution in [0.15, 0.2) is 77.1 Å². The van der Waals surface area contributed by atoms with Crippen molar-refractivity contribution in [3.63, 3.8) is 0 Å². The van der Waals surface area contributed by atoms with Gasteiger partial charge in [0, 0.05) is 29.8 Å². The summed E-state index contributed by atoms with van der Waals surface area (Å²) in [6.45, 7) is 2.45. The first kappa shape index (κ1) is 32.9. The van der Waals surface area contributed by atoms with Crippen LogP contribution in [0.4, 0.5) is 4.79 Å². The summed E-state index contributed by atoms with van der Waals surface area (Å²) in [7, 11) is 0. The van der Waals surface area contributed by atoms with E-state index in [1.165, 1.54) is 19.3 Å². The largest absolute Gasteiger partial charge is 0.392 e. The molecule has 10 heteroatoms. The fraction of sp³-hybridized carbons (Fsp3) is 0.462. The molecule has 3 N–H and O–H groups in total. The second kappa shape index (κ2) is 14.2. The molecule has 5 fully saturated rings. The van der Waals surface area contributed by atoms with Gasteiger partial charge in [0.2, 0.25) is 0 Å². The average molecular weight is 697 g/mol. The smallest absolute Gasteiger partial charge is 0.315 e. The van der Waals surface area contributed by atoms with Crippen LogP contribution in [0.3, 0.4) is 0 Å². The molecule has 1 aliphatic heterocycles. The van der Waals surface area contributed by atoms with Gasteiger partial charge in [-0.1, -0.05) is 95.9 Å². The van der Waals surface area contributed by atoms with Gasteiger partial charge in [-0.2, -0.15) is 0 Å². The van der Waals surface area contributed by atoms with Crippen LogP contribution in [0, 0.1) is 24.7 Å². The zero-order chi connectivity index (χ0) is 33.4. The van der Waals surface area contributed by atoms with E-state index in [9.17, 15) is 9.90 Å². The summed E-state index contributed by atoms with van der Waals surface area (Å²) in [4.78, 5) is 13.2. The molecule has 4 aliphatic carbocycles. The van der Waals surface area contributed by atoms with Crippen molar-refractivity contribution in [1.29, 1.82) is 0 Å². The number of rotatable bonds is 10. The Morgan fingerprint density at radius 1 is 0.898 bits per heavy atom. The fourth-order valence-corrected chi connectivity index (χ4v) is 10.9. The number of aryl methyl sites for hydroxylation is 1. The maximum Gasteiger partial charge on any atom is 0.315 e. The first-order chi connectivity index (χ1) is 23.9. The first-order valence-corrected chi connectivity index (χ1v) is 19.4. The van der Waals surface area contributed by atoms with Crippen molar-refractivity contribution in [3.8, 4) is 11.1 Å². The Hall–Kier alpha value is -3.28. The second-order valence-corrected chi connectivity index (χ2v) is 17.0. The normalized spacial score (nSPS) is 28.8. The summed E-state index contributed by atoms with van der Waals surface area (Å²) in [5.74, 6) is 3.12. The van der Waals surface area contributed by atoms with E-state index in [0.29, 0.717) is 13.0 Å². The van der Waals surface area contributed by atoms with Gasteiger partial charge in [-0.3, -0.25) is 0 Å². The minimum atomic E-state index is -0.530. The predicted molar refractivity (Wildman–Crippen MR) is 192 cm³/mol. The van der Waals surface area contributed by atoms with Crippen molar-refractivity contribution in [2.45, 2.75) is 93.4 Å². The van der Waals surface area contributed by atoms with Crippen LogP contribution in [0.5, 0.6) is 0 Å². The molecule has 3 aromatic carbocycles. The zero-order valence-electron chi connectivity index (χ0n) is 27.8. The van der Waals surface area contributed by atoms with E-state index in [0.717, 1.165) is 85.5 Å². The molecule has 1 saturated heterocycles. The summed E-state index contributed by atoms with van der Waals surface area (Å²) >= 11 is 3.26. The number of hydrogen-bond acceptors (Lipinski definition) is 8. The lowest BCUT2D eigenvalue weighted by Crippen LogP contribution is -2.61. The topological polar surface area (TPSA) is 106 Å². The third-order valence-corrected chi connectivity index (χ3v) is 13.0. The molecule has 4 aromatic rings. The van der Waals surface area contributed by atoms with Gasteiger partial charge in [0.15, 0.2) is 10.6 Å². The molecule has 9 rings (SSSR count). The Kier molecular flexibility index (Phi) is 9.50. The Morgan fingerprint density at radius 3 is 2.27 bits per heavy atom. The molecule has 2 heterocycles. The molecule has 49 heavy (non-hydrogen) atoms. The van der Waals surface area contributed by atoms with Gasteiger partial charge < -0.3 is 25.2 Å².